The highest BCUT2D eigenvalue weighted by Crippen LogP contribution is 2.73. The second-order valence-corrected chi connectivity index (χ2v) is 7.54. The van der Waals surface area contributed by atoms with E-state index < -0.39 is 0 Å². The van der Waals surface area contributed by atoms with Crippen LogP contribution >= 0.6 is 15.9 Å². The van der Waals surface area contributed by atoms with Crippen LogP contribution in [0.2, 0.25) is 0 Å². The summed E-state index contributed by atoms with van der Waals surface area (Å²) in [6.45, 7) is 0. The van der Waals surface area contributed by atoms with E-state index in [4.69, 9.17) is 0 Å². The maximum absolute atomic E-state index is 12.9. The molecule has 3 nitrogen and oxygen atoms in total. The number of anilines is 1. The number of carbonyl (C=O) groups is 2. The fraction of sp³-hybridized carbons (Fsp3) is 0.412. The van der Waals surface area contributed by atoms with Crippen LogP contribution in [-0.4, -0.2) is 11.8 Å². The molecule has 0 N–H and O–H groups in total. The number of rotatable bonds is 1. The van der Waals surface area contributed by atoms with Crippen LogP contribution in [0.25, 0.3) is 0 Å². The van der Waals surface area contributed by atoms with E-state index >= 15 is 0 Å². The summed E-state index contributed by atoms with van der Waals surface area (Å²) in [5, 5.41) is 0. The van der Waals surface area contributed by atoms with Gasteiger partial charge in [0.15, 0.2) is 0 Å². The summed E-state index contributed by atoms with van der Waals surface area (Å²) < 4.78 is 0.799. The number of imide groups is 1. The van der Waals surface area contributed by atoms with E-state index in [-0.39, 0.29) is 40.9 Å². The molecule has 4 heteroatoms. The molecule has 2 saturated carbocycles. The van der Waals surface area contributed by atoms with Gasteiger partial charge < -0.3 is 0 Å². The molecule has 106 valence electrons. The molecule has 2 amide bonds. The van der Waals surface area contributed by atoms with Crippen LogP contribution in [0, 0.1) is 29.1 Å². The van der Waals surface area contributed by atoms with Crippen molar-refractivity contribution >= 4 is 33.4 Å². The minimum Gasteiger partial charge on any atom is -0.274 e. The molecule has 4 atom stereocenters. The Bertz CT molecular complexity index is 687. The number of benzene rings is 1. The Morgan fingerprint density at radius 2 is 1.57 bits per heavy atom. The van der Waals surface area contributed by atoms with E-state index in [1.165, 1.54) is 17.7 Å². The first kappa shape index (κ1) is 12.2. The highest BCUT2D eigenvalue weighted by molar-refractivity contribution is 9.10. The van der Waals surface area contributed by atoms with Gasteiger partial charge in [0.1, 0.15) is 0 Å². The smallest absolute Gasteiger partial charge is 0.238 e. The molecule has 4 aliphatic rings. The van der Waals surface area contributed by atoms with Gasteiger partial charge in [-0.1, -0.05) is 24.3 Å². The number of amides is 2. The van der Waals surface area contributed by atoms with Gasteiger partial charge in [0.05, 0.1) is 17.5 Å². The second-order valence-electron chi connectivity index (χ2n) is 6.68. The summed E-state index contributed by atoms with van der Waals surface area (Å²) in [5.74, 6) is 0.331. The molecule has 0 radical (unpaired) electrons. The number of fused-ring (bicyclic) bond motifs is 3. The summed E-state index contributed by atoms with van der Waals surface area (Å²) in [4.78, 5) is 27.2. The molecule has 1 heterocycles. The van der Waals surface area contributed by atoms with Crippen molar-refractivity contribution in [1.29, 1.82) is 0 Å². The first-order valence-corrected chi connectivity index (χ1v) is 8.25. The van der Waals surface area contributed by atoms with Gasteiger partial charge in [-0.25, -0.2) is 4.90 Å². The normalized spacial score (nSPS) is 37.7. The molecular weight excluding hydrogens is 330 g/mol. The van der Waals surface area contributed by atoms with E-state index in [9.17, 15) is 9.59 Å². The summed E-state index contributed by atoms with van der Waals surface area (Å²) in [7, 11) is 0. The topological polar surface area (TPSA) is 37.4 Å². The Kier molecular flexibility index (Phi) is 2.12. The Hall–Kier alpha value is -1.42. The lowest BCUT2D eigenvalue weighted by Gasteiger charge is -2.22. The van der Waals surface area contributed by atoms with Gasteiger partial charge in [-0.2, -0.15) is 0 Å². The van der Waals surface area contributed by atoms with Crippen LogP contribution in [0.5, 0.6) is 0 Å². The second kappa shape index (κ2) is 3.67. The Balaban J connectivity index is 1.61. The number of para-hydroxylation sites is 1. The SMILES string of the molecule is O=C1[C@@H]2[C@H](C(=O)N1c1ccccc1Br)[C@H]1C=C[C@H]2C12CC2. The first-order chi connectivity index (χ1) is 10.1. The number of carbonyl (C=O) groups excluding carboxylic acids is 2. The first-order valence-electron chi connectivity index (χ1n) is 7.46. The zero-order valence-corrected chi connectivity index (χ0v) is 12.9. The summed E-state index contributed by atoms with van der Waals surface area (Å²) in [5.41, 5.74) is 0.951. The Morgan fingerprint density at radius 1 is 1.00 bits per heavy atom. The quantitative estimate of drug-likeness (QED) is 0.580. The van der Waals surface area contributed by atoms with Crippen molar-refractivity contribution in [2.45, 2.75) is 12.8 Å². The maximum Gasteiger partial charge on any atom is 0.238 e. The molecule has 2 bridgehead atoms. The average molecular weight is 344 g/mol. The molecule has 3 fully saturated rings. The minimum atomic E-state index is -0.123. The molecule has 1 aliphatic heterocycles. The van der Waals surface area contributed by atoms with E-state index in [0.717, 1.165) is 4.47 Å². The lowest BCUT2D eigenvalue weighted by Crippen LogP contribution is -2.34. The van der Waals surface area contributed by atoms with Crippen LogP contribution in [0.3, 0.4) is 0 Å². The van der Waals surface area contributed by atoms with Gasteiger partial charge in [0.2, 0.25) is 11.8 Å². The number of hydrogen-bond acceptors (Lipinski definition) is 2. The highest BCUT2D eigenvalue weighted by atomic mass is 79.9. The lowest BCUT2D eigenvalue weighted by molar-refractivity contribution is -0.123. The summed E-state index contributed by atoms with van der Waals surface area (Å²) >= 11 is 3.46. The third-order valence-electron chi connectivity index (χ3n) is 5.95. The fourth-order valence-electron chi connectivity index (χ4n) is 4.95. The molecule has 1 saturated heterocycles. The van der Waals surface area contributed by atoms with E-state index in [2.05, 4.69) is 28.1 Å². The third-order valence-corrected chi connectivity index (χ3v) is 6.62. The van der Waals surface area contributed by atoms with E-state index in [0.29, 0.717) is 5.69 Å². The van der Waals surface area contributed by atoms with Crippen LogP contribution < -0.4 is 4.90 Å². The maximum atomic E-state index is 12.9. The van der Waals surface area contributed by atoms with Crippen molar-refractivity contribution in [3.63, 3.8) is 0 Å². The third kappa shape index (κ3) is 1.26. The van der Waals surface area contributed by atoms with Crippen molar-refractivity contribution in [2.24, 2.45) is 29.1 Å². The Labute approximate surface area is 131 Å². The van der Waals surface area contributed by atoms with Gasteiger partial charge in [0.25, 0.3) is 0 Å². The standard InChI is InChI=1S/C17H14BrNO2/c18-11-3-1-2-4-12(11)19-15(20)13-9-5-6-10(14(13)16(19)21)17(9)7-8-17/h1-6,9-10,13-14H,7-8H2/t9-,10-,13-,14+/m1/s1. The number of allylic oxidation sites excluding steroid dienone is 2. The summed E-state index contributed by atoms with van der Waals surface area (Å²) in [6, 6.07) is 7.47. The van der Waals surface area contributed by atoms with E-state index in [1.807, 2.05) is 24.3 Å². The average Bonchev–Trinajstić information content (AvgIpc) is 3.07. The number of nitrogens with zero attached hydrogens (tertiary/aromatic N) is 1. The van der Waals surface area contributed by atoms with Crippen LogP contribution in [0.4, 0.5) is 5.69 Å². The number of hydrogen-bond donors (Lipinski definition) is 0. The van der Waals surface area contributed by atoms with Crippen molar-refractivity contribution in [3.05, 3.63) is 40.9 Å². The minimum absolute atomic E-state index is 0.0000231. The van der Waals surface area contributed by atoms with Crippen molar-refractivity contribution in [3.8, 4) is 0 Å². The van der Waals surface area contributed by atoms with Gasteiger partial charge in [-0.05, 0) is 58.2 Å². The molecule has 21 heavy (non-hydrogen) atoms. The van der Waals surface area contributed by atoms with Gasteiger partial charge in [-0.3, -0.25) is 9.59 Å². The summed E-state index contributed by atoms with van der Waals surface area (Å²) in [6.07, 6.45) is 6.76. The van der Waals surface area contributed by atoms with Crippen LogP contribution in [0.1, 0.15) is 12.8 Å². The van der Waals surface area contributed by atoms with Gasteiger partial charge in [-0.15, -0.1) is 0 Å². The molecule has 5 rings (SSSR count). The van der Waals surface area contributed by atoms with Crippen molar-refractivity contribution in [2.75, 3.05) is 4.90 Å². The highest BCUT2D eigenvalue weighted by Gasteiger charge is 2.73. The molecule has 3 aliphatic carbocycles. The Morgan fingerprint density at radius 3 is 2.10 bits per heavy atom. The molecular formula is C17H14BrNO2. The largest absolute Gasteiger partial charge is 0.274 e. The predicted octanol–water partition coefficient (Wildman–Crippen LogP) is 3.15. The fourth-order valence-corrected chi connectivity index (χ4v) is 5.41. The van der Waals surface area contributed by atoms with E-state index in [1.54, 1.807) is 0 Å². The van der Waals surface area contributed by atoms with Gasteiger partial charge >= 0.3 is 0 Å². The van der Waals surface area contributed by atoms with Crippen molar-refractivity contribution in [1.82, 2.24) is 0 Å². The predicted molar refractivity (Wildman–Crippen MR) is 81.4 cm³/mol. The zero-order chi connectivity index (χ0) is 14.4. The molecule has 1 aromatic rings. The lowest BCUT2D eigenvalue weighted by atomic mass is 9.85. The molecule has 1 spiro atoms. The zero-order valence-electron chi connectivity index (χ0n) is 11.3. The molecule has 0 unspecified atom stereocenters. The monoisotopic (exact) mass is 343 g/mol. The molecule has 1 aromatic carbocycles. The molecule has 0 aromatic heterocycles. The van der Waals surface area contributed by atoms with Gasteiger partial charge in [0, 0.05) is 4.47 Å². The van der Waals surface area contributed by atoms with Crippen LogP contribution in [-0.2, 0) is 9.59 Å². The van der Waals surface area contributed by atoms with Crippen molar-refractivity contribution < 1.29 is 9.59 Å². The van der Waals surface area contributed by atoms with Crippen LogP contribution in [0.15, 0.2) is 40.9 Å². The number of halogens is 1.